The van der Waals surface area contributed by atoms with E-state index >= 15 is 0 Å². The number of likely N-dealkylation sites (tertiary alicyclic amines) is 1. The molecule has 1 unspecified atom stereocenters. The lowest BCUT2D eigenvalue weighted by Crippen LogP contribution is -2.33. The van der Waals surface area contributed by atoms with E-state index in [-0.39, 0.29) is 23.2 Å². The molecule has 4 rings (SSSR count). The van der Waals surface area contributed by atoms with Gasteiger partial charge in [-0.2, -0.15) is 0 Å². The maximum absolute atomic E-state index is 12.6. The Morgan fingerprint density at radius 1 is 0.964 bits per heavy atom. The molecule has 1 heterocycles. The first-order valence-corrected chi connectivity index (χ1v) is 10.5. The molecule has 2 aliphatic rings. The number of hydrogen-bond acceptors (Lipinski definition) is 4. The van der Waals surface area contributed by atoms with E-state index in [4.69, 9.17) is 0 Å². The molecule has 1 aliphatic heterocycles. The number of ketones is 1. The van der Waals surface area contributed by atoms with Crippen molar-refractivity contribution in [1.82, 2.24) is 4.90 Å². The molecule has 2 aromatic carbocycles. The number of piperidine rings is 1. The fourth-order valence-corrected chi connectivity index (χ4v) is 4.76. The Morgan fingerprint density at radius 2 is 1.68 bits per heavy atom. The number of nitrogens with zero attached hydrogens (tertiary/aromatic N) is 1. The minimum absolute atomic E-state index is 0.00868. The zero-order valence-electron chi connectivity index (χ0n) is 16.3. The molecule has 0 bridgehead atoms. The Balaban J connectivity index is 1.20. The largest absolute Gasteiger partial charge is 0.504 e. The summed E-state index contributed by atoms with van der Waals surface area (Å²) in [6, 6.07) is 13.6. The van der Waals surface area contributed by atoms with Crippen LogP contribution >= 0.6 is 0 Å². The molecule has 0 saturated carbocycles. The summed E-state index contributed by atoms with van der Waals surface area (Å²) in [5.74, 6) is 0.570. The summed E-state index contributed by atoms with van der Waals surface area (Å²) in [7, 11) is 0. The van der Waals surface area contributed by atoms with E-state index in [0.29, 0.717) is 12.0 Å². The Hall–Kier alpha value is -2.33. The van der Waals surface area contributed by atoms with Crippen molar-refractivity contribution in [2.45, 2.75) is 45.1 Å². The summed E-state index contributed by atoms with van der Waals surface area (Å²) in [5, 5.41) is 19.3. The molecule has 0 amide bonds. The van der Waals surface area contributed by atoms with Crippen LogP contribution in [0.1, 0.15) is 53.6 Å². The molecule has 0 spiro atoms. The van der Waals surface area contributed by atoms with Gasteiger partial charge in [-0.05, 0) is 68.0 Å². The predicted octanol–water partition coefficient (Wildman–Crippen LogP) is 4.54. The smallest absolute Gasteiger partial charge is 0.166 e. The number of phenols is 2. The molecule has 0 radical (unpaired) electrons. The van der Waals surface area contributed by atoms with Crippen LogP contribution in [-0.4, -0.2) is 34.0 Å². The van der Waals surface area contributed by atoms with Gasteiger partial charge >= 0.3 is 0 Å². The monoisotopic (exact) mass is 379 g/mol. The lowest BCUT2D eigenvalue weighted by Gasteiger charge is -2.32. The van der Waals surface area contributed by atoms with E-state index in [2.05, 4.69) is 35.2 Å². The summed E-state index contributed by atoms with van der Waals surface area (Å²) < 4.78 is 0. The van der Waals surface area contributed by atoms with E-state index in [1.807, 2.05) is 0 Å². The van der Waals surface area contributed by atoms with E-state index in [1.165, 1.54) is 30.9 Å². The molecule has 1 atom stereocenters. The van der Waals surface area contributed by atoms with Gasteiger partial charge in [0, 0.05) is 18.0 Å². The van der Waals surface area contributed by atoms with Crippen molar-refractivity contribution in [3.05, 3.63) is 59.2 Å². The normalized spacial score (nSPS) is 20.4. The minimum Gasteiger partial charge on any atom is -0.504 e. The number of rotatable bonds is 6. The van der Waals surface area contributed by atoms with Crippen LogP contribution in [0.4, 0.5) is 0 Å². The second-order valence-corrected chi connectivity index (χ2v) is 8.40. The summed E-state index contributed by atoms with van der Waals surface area (Å²) in [6.45, 7) is 3.36. The summed E-state index contributed by atoms with van der Waals surface area (Å²) >= 11 is 0. The van der Waals surface area contributed by atoms with E-state index in [1.54, 1.807) is 6.07 Å². The first-order chi connectivity index (χ1) is 13.6. The third-order valence-electron chi connectivity index (χ3n) is 6.42. The van der Waals surface area contributed by atoms with Crippen LogP contribution in [0.15, 0.2) is 42.5 Å². The number of carbonyl (C=O) groups excluding carboxylic acids is 1. The third kappa shape index (κ3) is 4.22. The molecule has 2 N–H and O–H groups in total. The molecule has 0 aromatic heterocycles. The Morgan fingerprint density at radius 3 is 2.43 bits per heavy atom. The summed E-state index contributed by atoms with van der Waals surface area (Å²) in [4.78, 5) is 15.1. The van der Waals surface area contributed by atoms with Crippen LogP contribution in [-0.2, 0) is 13.0 Å². The van der Waals surface area contributed by atoms with Gasteiger partial charge in [-0.25, -0.2) is 0 Å². The van der Waals surface area contributed by atoms with Crippen molar-refractivity contribution in [3.8, 4) is 11.5 Å². The number of benzene rings is 2. The van der Waals surface area contributed by atoms with Gasteiger partial charge in [0.25, 0.3) is 0 Å². The lowest BCUT2D eigenvalue weighted by atomic mass is 9.88. The topological polar surface area (TPSA) is 60.8 Å². The minimum atomic E-state index is -0.199. The van der Waals surface area contributed by atoms with Gasteiger partial charge in [0.1, 0.15) is 0 Å². The number of Topliss-reactive ketones (excluding diaryl/α,β-unsaturated/α-hetero) is 1. The van der Waals surface area contributed by atoms with Crippen molar-refractivity contribution in [2.24, 2.45) is 11.8 Å². The van der Waals surface area contributed by atoms with E-state index in [9.17, 15) is 15.0 Å². The quantitative estimate of drug-likeness (QED) is 0.724. The summed E-state index contributed by atoms with van der Waals surface area (Å²) in [5.41, 5.74) is 2.85. The van der Waals surface area contributed by atoms with Crippen LogP contribution < -0.4 is 0 Å². The van der Waals surface area contributed by atoms with Gasteiger partial charge in [0.2, 0.25) is 0 Å². The van der Waals surface area contributed by atoms with Crippen molar-refractivity contribution in [3.63, 3.8) is 0 Å². The third-order valence-corrected chi connectivity index (χ3v) is 6.42. The molecular weight excluding hydrogens is 350 g/mol. The number of aromatic hydroxyl groups is 2. The predicted molar refractivity (Wildman–Crippen MR) is 110 cm³/mol. The molecule has 1 fully saturated rings. The zero-order valence-corrected chi connectivity index (χ0v) is 16.3. The fourth-order valence-electron chi connectivity index (χ4n) is 4.76. The van der Waals surface area contributed by atoms with Gasteiger partial charge in [-0.1, -0.05) is 43.2 Å². The van der Waals surface area contributed by atoms with Crippen LogP contribution in [0.25, 0.3) is 0 Å². The van der Waals surface area contributed by atoms with Crippen molar-refractivity contribution >= 4 is 5.78 Å². The Bertz CT molecular complexity index is 825. The highest BCUT2D eigenvalue weighted by atomic mass is 16.3. The maximum atomic E-state index is 12.6. The average molecular weight is 380 g/mol. The van der Waals surface area contributed by atoms with Crippen LogP contribution in [0.5, 0.6) is 11.5 Å². The van der Waals surface area contributed by atoms with Crippen LogP contribution in [0.3, 0.4) is 0 Å². The van der Waals surface area contributed by atoms with Gasteiger partial charge in [0.15, 0.2) is 17.3 Å². The Kier molecular flexibility index (Phi) is 5.67. The maximum Gasteiger partial charge on any atom is 0.166 e. The fraction of sp³-hybridized carbons (Fsp3) is 0.458. The highest BCUT2D eigenvalue weighted by Gasteiger charge is 2.31. The summed E-state index contributed by atoms with van der Waals surface area (Å²) in [6.07, 6.45) is 6.35. The molecule has 4 heteroatoms. The number of fused-ring (bicyclic) bond motifs is 1. The zero-order chi connectivity index (χ0) is 19.5. The molecule has 28 heavy (non-hydrogen) atoms. The molecule has 2 aromatic rings. The van der Waals surface area contributed by atoms with Crippen LogP contribution in [0.2, 0.25) is 0 Å². The SMILES string of the molecule is O=C1c2cc(O)c(O)cc2CC1CCCC1CCN(Cc2ccccc2)CC1. The van der Waals surface area contributed by atoms with Gasteiger partial charge < -0.3 is 10.2 Å². The number of hydrogen-bond donors (Lipinski definition) is 2. The second kappa shape index (κ2) is 8.36. The van der Waals surface area contributed by atoms with Crippen molar-refractivity contribution in [1.29, 1.82) is 0 Å². The molecule has 4 nitrogen and oxygen atoms in total. The lowest BCUT2D eigenvalue weighted by molar-refractivity contribution is 0.0926. The van der Waals surface area contributed by atoms with Crippen molar-refractivity contribution in [2.75, 3.05) is 13.1 Å². The molecule has 1 saturated heterocycles. The molecular formula is C24H29NO3. The van der Waals surface area contributed by atoms with E-state index in [0.717, 1.165) is 44.0 Å². The molecule has 1 aliphatic carbocycles. The first kappa shape index (κ1) is 19.0. The molecule has 148 valence electrons. The van der Waals surface area contributed by atoms with E-state index < -0.39 is 0 Å². The first-order valence-electron chi connectivity index (χ1n) is 10.5. The van der Waals surface area contributed by atoms with Crippen molar-refractivity contribution < 1.29 is 15.0 Å². The van der Waals surface area contributed by atoms with Gasteiger partial charge in [-0.3, -0.25) is 9.69 Å². The number of carbonyl (C=O) groups is 1. The van der Waals surface area contributed by atoms with Gasteiger partial charge in [-0.15, -0.1) is 0 Å². The highest BCUT2D eigenvalue weighted by Crippen LogP contribution is 2.37. The standard InChI is InChI=1S/C24H29NO3/c26-22-14-20-13-19(24(28)21(20)15-23(22)27)8-4-7-17-9-11-25(12-10-17)16-18-5-2-1-3-6-18/h1-3,5-6,14-15,17,19,26-27H,4,7-13,16H2. The number of phenolic OH excluding ortho intramolecular Hbond substituents is 2. The highest BCUT2D eigenvalue weighted by molar-refractivity contribution is 6.02. The average Bonchev–Trinajstić information content (AvgIpc) is 2.99. The van der Waals surface area contributed by atoms with Gasteiger partial charge in [0.05, 0.1) is 0 Å². The second-order valence-electron chi connectivity index (χ2n) is 8.40. The Labute approximate surface area is 166 Å². The van der Waals surface area contributed by atoms with Crippen LogP contribution in [0, 0.1) is 11.8 Å².